The van der Waals surface area contributed by atoms with Gasteiger partial charge in [0.05, 0.1) is 16.7 Å². The molecule has 0 fully saturated rings. The molecule has 1 atom stereocenters. The summed E-state index contributed by atoms with van der Waals surface area (Å²) in [4.78, 5) is 5.33. The molecular weight excluding hydrogens is 573 g/mol. The Morgan fingerprint density at radius 2 is 1.23 bits per heavy atom. The molecule has 0 saturated heterocycles. The van der Waals surface area contributed by atoms with E-state index in [2.05, 4.69) is 173 Å². The number of benzene rings is 6. The van der Waals surface area contributed by atoms with Crippen LogP contribution >= 0.6 is 0 Å². The minimum Gasteiger partial charge on any atom is -0.387 e. The van der Waals surface area contributed by atoms with Crippen LogP contribution in [0.1, 0.15) is 28.4 Å². The van der Waals surface area contributed by atoms with Gasteiger partial charge in [-0.15, -0.1) is 0 Å². The van der Waals surface area contributed by atoms with E-state index in [0.29, 0.717) is 0 Å². The Hall–Kier alpha value is -6.13. The Bertz CT molecular complexity index is 2360. The Labute approximate surface area is 273 Å². The van der Waals surface area contributed by atoms with Crippen molar-refractivity contribution in [1.82, 2.24) is 15.2 Å². The molecule has 0 spiro atoms. The Morgan fingerprint density at radius 1 is 0.596 bits per heavy atom. The first-order valence-corrected chi connectivity index (χ1v) is 16.1. The summed E-state index contributed by atoms with van der Waals surface area (Å²) < 4.78 is 2.35. The Morgan fingerprint density at radius 3 is 1.96 bits per heavy atom. The molecule has 0 bridgehead atoms. The minimum absolute atomic E-state index is 0.233. The van der Waals surface area contributed by atoms with Crippen LogP contribution in [0.15, 0.2) is 169 Å². The van der Waals surface area contributed by atoms with Crippen LogP contribution < -0.4 is 10.6 Å². The van der Waals surface area contributed by atoms with Crippen LogP contribution in [0.4, 0.5) is 0 Å². The zero-order valence-corrected chi connectivity index (χ0v) is 25.8. The van der Waals surface area contributed by atoms with Gasteiger partial charge in [0.1, 0.15) is 6.17 Å². The molecule has 4 nitrogen and oxygen atoms in total. The number of aromatic nitrogens is 1. The SMILES string of the molecule is C1=CC(c2ccc(C3=CC(c4ccc(-n5c6ccccc6c6ccccc65)cc4)=NC(c4cccc5ccccc45)N3)cc2)=CCN1. The Balaban J connectivity index is 1.14. The fourth-order valence-electron chi connectivity index (χ4n) is 6.99. The zero-order chi connectivity index (χ0) is 31.2. The van der Waals surface area contributed by atoms with E-state index in [1.165, 1.54) is 43.7 Å². The average molecular weight is 605 g/mol. The van der Waals surface area contributed by atoms with E-state index in [0.717, 1.165) is 40.3 Å². The summed E-state index contributed by atoms with van der Waals surface area (Å²) in [6.07, 6.45) is 8.31. The van der Waals surface area contributed by atoms with Gasteiger partial charge >= 0.3 is 0 Å². The van der Waals surface area contributed by atoms with Gasteiger partial charge in [0.15, 0.2) is 0 Å². The molecular formula is C43H32N4. The predicted octanol–water partition coefficient (Wildman–Crippen LogP) is 9.57. The van der Waals surface area contributed by atoms with Gasteiger partial charge in [-0.25, -0.2) is 0 Å². The molecule has 1 aromatic heterocycles. The van der Waals surface area contributed by atoms with Crippen molar-refractivity contribution in [3.63, 3.8) is 0 Å². The number of hydrogen-bond acceptors (Lipinski definition) is 3. The lowest BCUT2D eigenvalue weighted by atomic mass is 9.97. The average Bonchev–Trinajstić information content (AvgIpc) is 3.49. The molecule has 2 N–H and O–H groups in total. The summed E-state index contributed by atoms with van der Waals surface area (Å²) in [7, 11) is 0. The van der Waals surface area contributed by atoms with Crippen LogP contribution in [0.25, 0.3) is 49.5 Å². The van der Waals surface area contributed by atoms with E-state index in [-0.39, 0.29) is 6.17 Å². The fraction of sp³-hybridized carbons (Fsp3) is 0.0465. The zero-order valence-electron chi connectivity index (χ0n) is 25.8. The van der Waals surface area contributed by atoms with Crippen LogP contribution in [-0.2, 0) is 0 Å². The van der Waals surface area contributed by atoms with Crippen LogP contribution in [0.5, 0.6) is 0 Å². The van der Waals surface area contributed by atoms with Gasteiger partial charge in [-0.05, 0) is 75.7 Å². The van der Waals surface area contributed by atoms with Crippen LogP contribution in [0, 0.1) is 0 Å². The highest BCUT2D eigenvalue weighted by atomic mass is 15.1. The second-order valence-electron chi connectivity index (χ2n) is 12.1. The number of fused-ring (bicyclic) bond motifs is 4. The van der Waals surface area contributed by atoms with Gasteiger partial charge in [0.25, 0.3) is 0 Å². The maximum atomic E-state index is 5.33. The van der Waals surface area contributed by atoms with Crippen molar-refractivity contribution in [2.75, 3.05) is 6.54 Å². The van der Waals surface area contributed by atoms with Crippen molar-refractivity contribution in [3.05, 3.63) is 186 Å². The van der Waals surface area contributed by atoms with Crippen molar-refractivity contribution < 1.29 is 0 Å². The molecule has 0 amide bonds. The molecule has 2 aliphatic rings. The third-order valence-electron chi connectivity index (χ3n) is 9.31. The molecule has 1 unspecified atom stereocenters. The van der Waals surface area contributed by atoms with Crippen LogP contribution in [0.2, 0.25) is 0 Å². The third kappa shape index (κ3) is 4.82. The van der Waals surface area contributed by atoms with E-state index in [1.54, 1.807) is 0 Å². The highest BCUT2D eigenvalue weighted by molar-refractivity contribution is 6.13. The summed E-state index contributed by atoms with van der Waals surface area (Å²) in [5.41, 5.74) is 11.4. The normalized spacial score (nSPS) is 16.0. The van der Waals surface area contributed by atoms with Crippen molar-refractivity contribution in [2.24, 2.45) is 4.99 Å². The number of nitrogens with one attached hydrogen (secondary N) is 2. The first-order valence-electron chi connectivity index (χ1n) is 16.1. The summed E-state index contributed by atoms with van der Waals surface area (Å²) in [6.45, 7) is 0.850. The lowest BCUT2D eigenvalue weighted by molar-refractivity contribution is 0.669. The first kappa shape index (κ1) is 27.2. The molecule has 0 aliphatic carbocycles. The van der Waals surface area contributed by atoms with Gasteiger partial charge in [-0.2, -0.15) is 0 Å². The lowest BCUT2D eigenvalue weighted by Gasteiger charge is -2.26. The van der Waals surface area contributed by atoms with Gasteiger partial charge in [-0.1, -0.05) is 121 Å². The quantitative estimate of drug-likeness (QED) is 0.205. The van der Waals surface area contributed by atoms with Gasteiger partial charge in [0.2, 0.25) is 0 Å². The number of nitrogens with zero attached hydrogens (tertiary/aromatic N) is 2. The number of hydrogen-bond donors (Lipinski definition) is 2. The lowest BCUT2D eigenvalue weighted by Crippen LogP contribution is -2.25. The van der Waals surface area contributed by atoms with E-state index in [1.807, 2.05) is 6.20 Å². The standard InChI is InChI=1S/C43H32N4/c1-2-10-35-31(8-1)9-7-13-38(35)43-45-39(32-18-16-29(17-19-32)30-24-26-44-27-25-30)28-40(46-43)33-20-22-34(23-21-33)47-41-14-5-3-11-36(41)37-12-4-6-15-42(37)47/h1-26,28,43-45H,27H2. The molecule has 3 heterocycles. The Kier molecular flexibility index (Phi) is 6.57. The minimum atomic E-state index is -0.233. The molecule has 0 radical (unpaired) electrons. The second kappa shape index (κ2) is 11.3. The highest BCUT2D eigenvalue weighted by Gasteiger charge is 2.22. The molecule has 7 aromatic rings. The number of rotatable bonds is 5. The number of para-hydroxylation sites is 2. The van der Waals surface area contributed by atoms with Crippen molar-refractivity contribution >= 4 is 49.6 Å². The fourth-order valence-corrected chi connectivity index (χ4v) is 6.99. The maximum absolute atomic E-state index is 5.33. The summed E-state index contributed by atoms with van der Waals surface area (Å²) in [5, 5.41) is 12.0. The third-order valence-corrected chi connectivity index (χ3v) is 9.31. The monoisotopic (exact) mass is 604 g/mol. The highest BCUT2D eigenvalue weighted by Crippen LogP contribution is 2.34. The van der Waals surface area contributed by atoms with Crippen molar-refractivity contribution in [1.29, 1.82) is 0 Å². The van der Waals surface area contributed by atoms with E-state index in [4.69, 9.17) is 4.99 Å². The van der Waals surface area contributed by atoms with E-state index in [9.17, 15) is 0 Å². The molecule has 224 valence electrons. The molecule has 4 heteroatoms. The van der Waals surface area contributed by atoms with Crippen molar-refractivity contribution in [3.8, 4) is 5.69 Å². The number of dihydropyridines is 1. The van der Waals surface area contributed by atoms with Crippen LogP contribution in [0.3, 0.4) is 0 Å². The van der Waals surface area contributed by atoms with E-state index >= 15 is 0 Å². The molecule has 6 aromatic carbocycles. The topological polar surface area (TPSA) is 41.4 Å². The predicted molar refractivity (Wildman–Crippen MR) is 197 cm³/mol. The molecule has 47 heavy (non-hydrogen) atoms. The largest absolute Gasteiger partial charge is 0.387 e. The molecule has 2 aliphatic heterocycles. The van der Waals surface area contributed by atoms with Crippen LogP contribution in [-0.4, -0.2) is 16.8 Å². The smallest absolute Gasteiger partial charge is 0.146 e. The van der Waals surface area contributed by atoms with Crippen molar-refractivity contribution in [2.45, 2.75) is 6.17 Å². The molecule has 9 rings (SSSR count). The summed E-state index contributed by atoms with van der Waals surface area (Å²) >= 11 is 0. The summed E-state index contributed by atoms with van der Waals surface area (Å²) in [5.74, 6) is 0. The number of allylic oxidation sites excluding steroid dienone is 3. The van der Waals surface area contributed by atoms with E-state index < -0.39 is 0 Å². The first-order chi connectivity index (χ1) is 23.3. The summed E-state index contributed by atoms with van der Waals surface area (Å²) in [6, 6.07) is 50.0. The van der Waals surface area contributed by atoms with Gasteiger partial charge < -0.3 is 15.2 Å². The van der Waals surface area contributed by atoms with Gasteiger partial charge in [0, 0.05) is 34.3 Å². The number of aliphatic imine (C=N–C) groups is 1. The second-order valence-corrected chi connectivity index (χ2v) is 12.1. The maximum Gasteiger partial charge on any atom is 0.146 e. The molecule has 0 saturated carbocycles. The van der Waals surface area contributed by atoms with Gasteiger partial charge in [-0.3, -0.25) is 4.99 Å².